The maximum Gasteiger partial charge on any atom is 0.522 e. The Balaban J connectivity index is 0.000000249. The highest BCUT2D eigenvalue weighted by atomic mass is 33.1. The quantitative estimate of drug-likeness (QED) is 0.416. The third-order valence-corrected chi connectivity index (χ3v) is 4.24. The van der Waals surface area contributed by atoms with Gasteiger partial charge in [0.05, 0.1) is 0 Å². The van der Waals surface area contributed by atoms with E-state index < -0.39 is 15.6 Å². The lowest BCUT2D eigenvalue weighted by Gasteiger charge is -2.04. The Morgan fingerprint density at radius 3 is 1.43 bits per heavy atom. The average Bonchev–Trinajstić information content (AvgIpc) is 2.05. The molecule has 0 amide bonds. The average molecular weight is 270 g/mol. The highest BCUT2D eigenvalue weighted by Crippen LogP contribution is 2.28. The van der Waals surface area contributed by atoms with Crippen molar-refractivity contribution < 1.29 is 26.1 Å². The van der Waals surface area contributed by atoms with Gasteiger partial charge in [0, 0.05) is 11.5 Å². The smallest absolute Gasteiger partial charge is 0.279 e. The van der Waals surface area contributed by atoms with E-state index in [2.05, 4.69) is 0 Å². The third-order valence-electron chi connectivity index (χ3n) is 1.08. The zero-order chi connectivity index (χ0) is 11.2. The van der Waals surface area contributed by atoms with Crippen LogP contribution in [-0.2, 0) is 10.1 Å². The van der Waals surface area contributed by atoms with Crippen LogP contribution in [0.5, 0.6) is 0 Å². The van der Waals surface area contributed by atoms with Crippen LogP contribution in [0.15, 0.2) is 0 Å². The first-order chi connectivity index (χ1) is 6.25. The van der Waals surface area contributed by atoms with Gasteiger partial charge in [0.2, 0.25) is 0 Å². The number of rotatable bonds is 0. The number of halogens is 3. The summed E-state index contributed by atoms with van der Waals surface area (Å²) in [5, 5.41) is 0. The SMILES string of the molecule is C1CCSSC1.O=S(=O)(O)C(F)(F)F. The van der Waals surface area contributed by atoms with Crippen LogP contribution in [0.2, 0.25) is 0 Å². The van der Waals surface area contributed by atoms with Crippen LogP contribution in [0, 0.1) is 0 Å². The first kappa shape index (κ1) is 14.4. The molecule has 1 rings (SSSR count). The lowest BCUT2D eigenvalue weighted by molar-refractivity contribution is -0.0510. The second-order valence-electron chi connectivity index (χ2n) is 2.27. The molecule has 1 saturated heterocycles. The largest absolute Gasteiger partial charge is 0.522 e. The van der Waals surface area contributed by atoms with Crippen LogP contribution in [0.1, 0.15) is 12.8 Å². The Kier molecular flexibility index (Phi) is 6.26. The normalized spacial score (nSPS) is 18.3. The first-order valence-corrected chi connectivity index (χ1v) is 7.46. The maximum absolute atomic E-state index is 10.7. The van der Waals surface area contributed by atoms with E-state index in [1.807, 2.05) is 21.6 Å². The molecular formula is C5H9F3O3S3. The molecule has 0 aliphatic carbocycles. The van der Waals surface area contributed by atoms with Crippen molar-refractivity contribution in [2.24, 2.45) is 0 Å². The fourth-order valence-electron chi connectivity index (χ4n) is 0.440. The molecular weight excluding hydrogens is 261 g/mol. The summed E-state index contributed by atoms with van der Waals surface area (Å²) >= 11 is 0. The van der Waals surface area contributed by atoms with Gasteiger partial charge in [-0.05, 0) is 12.8 Å². The van der Waals surface area contributed by atoms with Gasteiger partial charge in [0.1, 0.15) is 0 Å². The summed E-state index contributed by atoms with van der Waals surface area (Å²) in [5.41, 5.74) is -5.53. The summed E-state index contributed by atoms with van der Waals surface area (Å²) in [5.74, 6) is 2.76. The minimum atomic E-state index is -5.84. The zero-order valence-corrected chi connectivity index (χ0v) is 9.40. The van der Waals surface area contributed by atoms with E-state index in [0.29, 0.717) is 0 Å². The summed E-state index contributed by atoms with van der Waals surface area (Å²) in [6, 6.07) is 0. The van der Waals surface area contributed by atoms with Crippen molar-refractivity contribution in [1.82, 2.24) is 0 Å². The van der Waals surface area contributed by atoms with Gasteiger partial charge in [0.15, 0.2) is 0 Å². The highest BCUT2D eigenvalue weighted by molar-refractivity contribution is 8.76. The van der Waals surface area contributed by atoms with Crippen molar-refractivity contribution in [3.05, 3.63) is 0 Å². The van der Waals surface area contributed by atoms with E-state index in [1.54, 1.807) is 0 Å². The molecule has 0 unspecified atom stereocenters. The fourth-order valence-corrected chi connectivity index (χ4v) is 2.73. The Bertz CT molecular complexity index is 233. The molecule has 0 radical (unpaired) electrons. The van der Waals surface area contributed by atoms with Gasteiger partial charge in [-0.1, -0.05) is 21.6 Å². The van der Waals surface area contributed by atoms with Crippen LogP contribution >= 0.6 is 21.6 Å². The van der Waals surface area contributed by atoms with E-state index in [9.17, 15) is 13.2 Å². The van der Waals surface area contributed by atoms with Crippen molar-refractivity contribution >= 4 is 31.7 Å². The van der Waals surface area contributed by atoms with Crippen molar-refractivity contribution in [2.75, 3.05) is 11.5 Å². The maximum atomic E-state index is 10.7. The lowest BCUT2D eigenvalue weighted by Crippen LogP contribution is -2.21. The molecule has 0 aromatic carbocycles. The topological polar surface area (TPSA) is 54.4 Å². The summed E-state index contributed by atoms with van der Waals surface area (Å²) < 4.78 is 57.5. The zero-order valence-electron chi connectivity index (χ0n) is 6.95. The second-order valence-corrected chi connectivity index (χ2v) is 6.39. The molecule has 0 aromatic rings. The van der Waals surface area contributed by atoms with Crippen LogP contribution in [0.3, 0.4) is 0 Å². The molecule has 0 saturated carbocycles. The van der Waals surface area contributed by atoms with E-state index in [1.165, 1.54) is 24.3 Å². The predicted molar refractivity (Wildman–Crippen MR) is 51.8 cm³/mol. The van der Waals surface area contributed by atoms with Crippen LogP contribution in [0.25, 0.3) is 0 Å². The molecule has 1 N–H and O–H groups in total. The molecule has 86 valence electrons. The molecule has 0 bridgehead atoms. The predicted octanol–water partition coefficient (Wildman–Crippen LogP) is 2.56. The number of hydrogen-bond donors (Lipinski definition) is 1. The minimum absolute atomic E-state index is 1.38. The van der Waals surface area contributed by atoms with Crippen molar-refractivity contribution in [3.8, 4) is 0 Å². The first-order valence-electron chi connectivity index (χ1n) is 3.53. The summed E-state index contributed by atoms with van der Waals surface area (Å²) in [4.78, 5) is 0. The summed E-state index contributed by atoms with van der Waals surface area (Å²) in [7, 11) is -1.82. The van der Waals surface area contributed by atoms with Gasteiger partial charge in [-0.3, -0.25) is 4.55 Å². The monoisotopic (exact) mass is 270 g/mol. The molecule has 1 aliphatic rings. The van der Waals surface area contributed by atoms with E-state index >= 15 is 0 Å². The standard InChI is InChI=1S/C4H8S2.CHF3O3S/c1-2-4-6-5-3-1;2-1(3,4)8(5,6)7/h1-4H2;(H,5,6,7). The molecule has 1 heterocycles. The van der Waals surface area contributed by atoms with Gasteiger partial charge in [0.25, 0.3) is 0 Å². The Morgan fingerprint density at radius 1 is 1.07 bits per heavy atom. The summed E-state index contributed by atoms with van der Waals surface area (Å²) in [6.07, 6.45) is 2.88. The summed E-state index contributed by atoms with van der Waals surface area (Å²) in [6.45, 7) is 0. The second kappa shape index (κ2) is 6.09. The molecule has 14 heavy (non-hydrogen) atoms. The van der Waals surface area contributed by atoms with Gasteiger partial charge in [-0.15, -0.1) is 0 Å². The van der Waals surface area contributed by atoms with E-state index in [4.69, 9.17) is 13.0 Å². The molecule has 0 aromatic heterocycles. The van der Waals surface area contributed by atoms with Gasteiger partial charge < -0.3 is 0 Å². The number of hydrogen-bond acceptors (Lipinski definition) is 4. The molecule has 1 fully saturated rings. The van der Waals surface area contributed by atoms with Crippen molar-refractivity contribution in [2.45, 2.75) is 18.3 Å². The van der Waals surface area contributed by atoms with Gasteiger partial charge in [-0.2, -0.15) is 21.6 Å². The molecule has 3 nitrogen and oxygen atoms in total. The Hall–Kier alpha value is 0.400. The molecule has 1 aliphatic heterocycles. The molecule has 9 heteroatoms. The highest BCUT2D eigenvalue weighted by Gasteiger charge is 2.44. The Morgan fingerprint density at radius 2 is 1.36 bits per heavy atom. The van der Waals surface area contributed by atoms with Crippen LogP contribution in [0.4, 0.5) is 13.2 Å². The van der Waals surface area contributed by atoms with Crippen LogP contribution in [-0.4, -0.2) is 30.0 Å². The number of alkyl halides is 3. The van der Waals surface area contributed by atoms with E-state index in [0.717, 1.165) is 0 Å². The van der Waals surface area contributed by atoms with E-state index in [-0.39, 0.29) is 0 Å². The molecule has 0 spiro atoms. The fraction of sp³-hybridized carbons (Fsp3) is 1.00. The third kappa shape index (κ3) is 6.80. The Labute approximate surface area is 88.0 Å². The van der Waals surface area contributed by atoms with Crippen molar-refractivity contribution in [3.63, 3.8) is 0 Å². The van der Waals surface area contributed by atoms with Gasteiger partial charge in [-0.25, -0.2) is 0 Å². The van der Waals surface area contributed by atoms with Crippen LogP contribution < -0.4 is 0 Å². The van der Waals surface area contributed by atoms with Crippen molar-refractivity contribution in [1.29, 1.82) is 0 Å². The van der Waals surface area contributed by atoms with Gasteiger partial charge >= 0.3 is 15.6 Å². The lowest BCUT2D eigenvalue weighted by atomic mass is 10.4. The molecule has 0 atom stereocenters. The minimum Gasteiger partial charge on any atom is -0.279 e.